The maximum Gasteiger partial charge on any atom is 0.135 e. The molecule has 0 spiro atoms. The van der Waals surface area contributed by atoms with Crippen molar-refractivity contribution in [3.05, 3.63) is 11.4 Å². The van der Waals surface area contributed by atoms with Crippen LogP contribution in [0.25, 0.3) is 0 Å². The molecule has 0 saturated heterocycles. The number of nitrogens with two attached hydrogens (primary N) is 1. The molecule has 2 rings (SSSR count). The van der Waals surface area contributed by atoms with E-state index in [0.29, 0.717) is 17.8 Å². The first kappa shape index (κ1) is 13.1. The van der Waals surface area contributed by atoms with Crippen molar-refractivity contribution in [2.24, 2.45) is 5.92 Å². The minimum absolute atomic E-state index is 0.298. The van der Waals surface area contributed by atoms with Crippen molar-refractivity contribution in [2.75, 3.05) is 11.1 Å². The molecule has 1 heterocycles. The highest BCUT2D eigenvalue weighted by Crippen LogP contribution is 2.34. The zero-order valence-corrected chi connectivity index (χ0v) is 11.8. The van der Waals surface area contributed by atoms with Gasteiger partial charge in [0.15, 0.2) is 0 Å². The lowest BCUT2D eigenvalue weighted by Gasteiger charge is -2.18. The van der Waals surface area contributed by atoms with Crippen LogP contribution >= 0.6 is 0 Å². The summed E-state index contributed by atoms with van der Waals surface area (Å²) in [6.07, 6.45) is 3.99. The van der Waals surface area contributed by atoms with E-state index in [2.05, 4.69) is 36.1 Å². The second-order valence-electron chi connectivity index (χ2n) is 5.82. The molecule has 18 heavy (non-hydrogen) atoms. The average Bonchev–Trinajstić information content (AvgIpc) is 3.07. The number of rotatable bonds is 5. The molecule has 1 atom stereocenters. The Morgan fingerprint density at radius 1 is 1.28 bits per heavy atom. The largest absolute Gasteiger partial charge is 0.383 e. The average molecular weight is 248 g/mol. The summed E-state index contributed by atoms with van der Waals surface area (Å²) in [7, 11) is 0. The van der Waals surface area contributed by atoms with Gasteiger partial charge in [-0.25, -0.2) is 9.97 Å². The fraction of sp³-hybridized carbons (Fsp3) is 0.714. The molecule has 1 aromatic rings. The van der Waals surface area contributed by atoms with Crippen LogP contribution in [0.15, 0.2) is 0 Å². The second kappa shape index (κ2) is 5.12. The van der Waals surface area contributed by atoms with E-state index in [1.54, 1.807) is 0 Å². The Bertz CT molecular complexity index is 424. The third kappa shape index (κ3) is 3.12. The maximum atomic E-state index is 5.96. The number of nitrogens with one attached hydrogen (secondary N) is 1. The number of aromatic nitrogens is 2. The van der Waals surface area contributed by atoms with Crippen molar-refractivity contribution in [3.63, 3.8) is 0 Å². The molecule has 1 aromatic heterocycles. The summed E-state index contributed by atoms with van der Waals surface area (Å²) in [5.74, 6) is 3.53. The van der Waals surface area contributed by atoms with Gasteiger partial charge in [-0.1, -0.05) is 26.7 Å². The predicted octanol–water partition coefficient (Wildman–Crippen LogP) is 3.09. The molecule has 1 fully saturated rings. The van der Waals surface area contributed by atoms with E-state index in [4.69, 9.17) is 5.73 Å². The first-order valence-corrected chi connectivity index (χ1v) is 6.88. The second-order valence-corrected chi connectivity index (χ2v) is 5.82. The van der Waals surface area contributed by atoms with E-state index in [9.17, 15) is 0 Å². The summed E-state index contributed by atoms with van der Waals surface area (Å²) in [4.78, 5) is 8.94. The Hall–Kier alpha value is -1.32. The molecular weight excluding hydrogens is 224 g/mol. The summed E-state index contributed by atoms with van der Waals surface area (Å²) >= 11 is 0. The Morgan fingerprint density at radius 3 is 2.50 bits per heavy atom. The van der Waals surface area contributed by atoms with Crippen molar-refractivity contribution >= 4 is 11.6 Å². The SMILES string of the molecule is Cc1c(N)nc(C(C)C)nc1NC(C)CC1CC1. The minimum atomic E-state index is 0.298. The maximum absolute atomic E-state index is 5.96. The van der Waals surface area contributed by atoms with Crippen LogP contribution in [0.4, 0.5) is 11.6 Å². The third-order valence-corrected chi connectivity index (χ3v) is 3.48. The topological polar surface area (TPSA) is 63.8 Å². The number of nitrogens with zero attached hydrogens (tertiary/aromatic N) is 2. The molecular formula is C14H24N4. The van der Waals surface area contributed by atoms with Gasteiger partial charge in [-0.05, 0) is 26.2 Å². The minimum Gasteiger partial charge on any atom is -0.383 e. The molecule has 0 bridgehead atoms. The quantitative estimate of drug-likeness (QED) is 0.840. The van der Waals surface area contributed by atoms with E-state index >= 15 is 0 Å². The normalized spacial score (nSPS) is 16.9. The third-order valence-electron chi connectivity index (χ3n) is 3.48. The molecule has 1 aliphatic rings. The molecule has 0 aromatic carbocycles. The first-order chi connectivity index (χ1) is 8.47. The Balaban J connectivity index is 2.14. The summed E-state index contributed by atoms with van der Waals surface area (Å²) in [5.41, 5.74) is 6.92. The smallest absolute Gasteiger partial charge is 0.135 e. The molecule has 0 radical (unpaired) electrons. The van der Waals surface area contributed by atoms with E-state index < -0.39 is 0 Å². The van der Waals surface area contributed by atoms with Crippen LogP contribution in [0.3, 0.4) is 0 Å². The summed E-state index contributed by atoms with van der Waals surface area (Å²) in [6.45, 7) is 8.36. The summed E-state index contributed by atoms with van der Waals surface area (Å²) < 4.78 is 0. The van der Waals surface area contributed by atoms with Crippen LogP contribution in [0, 0.1) is 12.8 Å². The number of nitrogen functional groups attached to an aromatic ring is 1. The zero-order valence-electron chi connectivity index (χ0n) is 11.8. The van der Waals surface area contributed by atoms with Crippen molar-refractivity contribution in [1.29, 1.82) is 0 Å². The van der Waals surface area contributed by atoms with Gasteiger partial charge in [0.25, 0.3) is 0 Å². The van der Waals surface area contributed by atoms with Gasteiger partial charge in [0, 0.05) is 17.5 Å². The van der Waals surface area contributed by atoms with E-state index in [-0.39, 0.29) is 0 Å². The van der Waals surface area contributed by atoms with Gasteiger partial charge in [0.2, 0.25) is 0 Å². The number of anilines is 2. The van der Waals surface area contributed by atoms with Gasteiger partial charge in [0.1, 0.15) is 17.5 Å². The first-order valence-electron chi connectivity index (χ1n) is 6.88. The number of hydrogen-bond acceptors (Lipinski definition) is 4. The van der Waals surface area contributed by atoms with Crippen LogP contribution < -0.4 is 11.1 Å². The van der Waals surface area contributed by atoms with Crippen LogP contribution in [-0.4, -0.2) is 16.0 Å². The Kier molecular flexibility index (Phi) is 3.73. The molecule has 1 aliphatic carbocycles. The van der Waals surface area contributed by atoms with Gasteiger partial charge in [0.05, 0.1) is 0 Å². The van der Waals surface area contributed by atoms with Gasteiger partial charge in [-0.2, -0.15) is 0 Å². The zero-order chi connectivity index (χ0) is 13.3. The van der Waals surface area contributed by atoms with Gasteiger partial charge in [-0.15, -0.1) is 0 Å². The molecule has 100 valence electrons. The van der Waals surface area contributed by atoms with Crippen molar-refractivity contribution in [1.82, 2.24) is 9.97 Å². The number of hydrogen-bond donors (Lipinski definition) is 2. The lowest BCUT2D eigenvalue weighted by molar-refractivity contribution is 0.637. The molecule has 1 unspecified atom stereocenters. The molecule has 3 N–H and O–H groups in total. The van der Waals surface area contributed by atoms with Crippen LogP contribution in [-0.2, 0) is 0 Å². The lowest BCUT2D eigenvalue weighted by atomic mass is 10.1. The fourth-order valence-corrected chi connectivity index (χ4v) is 2.10. The highest BCUT2D eigenvalue weighted by atomic mass is 15.1. The summed E-state index contributed by atoms with van der Waals surface area (Å²) in [6, 6.07) is 0.450. The molecule has 0 aliphatic heterocycles. The highest BCUT2D eigenvalue weighted by molar-refractivity contribution is 5.55. The fourth-order valence-electron chi connectivity index (χ4n) is 2.10. The highest BCUT2D eigenvalue weighted by Gasteiger charge is 2.24. The predicted molar refractivity (Wildman–Crippen MR) is 75.7 cm³/mol. The van der Waals surface area contributed by atoms with E-state index in [1.165, 1.54) is 19.3 Å². The van der Waals surface area contributed by atoms with Crippen LogP contribution in [0.5, 0.6) is 0 Å². The monoisotopic (exact) mass is 248 g/mol. The van der Waals surface area contributed by atoms with Crippen molar-refractivity contribution in [3.8, 4) is 0 Å². The Labute approximate surface area is 109 Å². The lowest BCUT2D eigenvalue weighted by Crippen LogP contribution is -2.19. The molecule has 0 amide bonds. The van der Waals surface area contributed by atoms with Gasteiger partial charge >= 0.3 is 0 Å². The van der Waals surface area contributed by atoms with Crippen molar-refractivity contribution < 1.29 is 0 Å². The van der Waals surface area contributed by atoms with Crippen molar-refractivity contribution in [2.45, 2.75) is 58.9 Å². The van der Waals surface area contributed by atoms with E-state index in [0.717, 1.165) is 23.1 Å². The summed E-state index contributed by atoms with van der Waals surface area (Å²) in [5, 5.41) is 3.49. The van der Waals surface area contributed by atoms with E-state index in [1.807, 2.05) is 6.92 Å². The molecule has 4 nitrogen and oxygen atoms in total. The molecule has 1 saturated carbocycles. The van der Waals surface area contributed by atoms with Gasteiger partial charge in [-0.3, -0.25) is 0 Å². The van der Waals surface area contributed by atoms with Crippen LogP contribution in [0.1, 0.15) is 57.3 Å². The van der Waals surface area contributed by atoms with Crippen LogP contribution in [0.2, 0.25) is 0 Å². The van der Waals surface area contributed by atoms with Gasteiger partial charge < -0.3 is 11.1 Å². The molecule has 4 heteroatoms. The standard InChI is InChI=1S/C14H24N4/c1-8(2)13-17-12(15)10(4)14(18-13)16-9(3)7-11-5-6-11/h8-9,11H,5-7H2,1-4H3,(H3,15,16,17,18). The Morgan fingerprint density at radius 2 is 1.94 bits per heavy atom.